The highest BCUT2D eigenvalue weighted by molar-refractivity contribution is 7.71. The van der Waals surface area contributed by atoms with Crippen molar-refractivity contribution in [3.05, 3.63) is 28.1 Å². The highest BCUT2D eigenvalue weighted by Gasteiger charge is 2.33. The van der Waals surface area contributed by atoms with Gasteiger partial charge in [-0.3, -0.25) is 5.41 Å². The zero-order chi connectivity index (χ0) is 15.4. The van der Waals surface area contributed by atoms with Crippen molar-refractivity contribution in [2.24, 2.45) is 0 Å². The molecule has 1 N–H and O–H groups in total. The average molecular weight is 334 g/mol. The second-order valence-electron chi connectivity index (χ2n) is 4.76. The molecule has 0 fully saturated rings. The molecule has 21 heavy (non-hydrogen) atoms. The highest BCUT2D eigenvalue weighted by atomic mass is 32.2. The molecule has 2 aromatic rings. The fraction of sp³-hybridized carbons (Fsp3) is 0.333. The third kappa shape index (κ3) is 2.40. The minimum absolute atomic E-state index is 0.0528. The minimum Gasteiger partial charge on any atom is -0.309 e. The number of rotatable bonds is 1. The molecule has 1 aliphatic heterocycles. The van der Waals surface area contributed by atoms with Crippen LogP contribution in [0.3, 0.4) is 0 Å². The molecule has 1 aromatic carbocycles. The van der Waals surface area contributed by atoms with Gasteiger partial charge in [-0.05, 0) is 30.5 Å². The fourth-order valence-corrected chi connectivity index (χ4v) is 4.19. The molecule has 1 atom stereocenters. The van der Waals surface area contributed by atoms with Crippen molar-refractivity contribution in [2.75, 3.05) is 0 Å². The first kappa shape index (κ1) is 14.3. The quantitative estimate of drug-likeness (QED) is 0.814. The Hall–Kier alpha value is -1.61. The fourth-order valence-electron chi connectivity index (χ4n) is 2.63. The van der Waals surface area contributed by atoms with Crippen LogP contribution in [0.4, 0.5) is 13.2 Å². The van der Waals surface area contributed by atoms with Crippen molar-refractivity contribution in [1.29, 1.82) is 5.41 Å². The maximum Gasteiger partial charge on any atom is 0.416 e. The van der Waals surface area contributed by atoms with E-state index in [0.29, 0.717) is 28.6 Å². The van der Waals surface area contributed by atoms with Gasteiger partial charge in [-0.25, -0.2) is 0 Å². The lowest BCUT2D eigenvalue weighted by molar-refractivity contribution is -0.137. The van der Waals surface area contributed by atoms with Crippen LogP contribution in [-0.2, 0) is 22.9 Å². The van der Waals surface area contributed by atoms with Crippen LogP contribution in [0, 0.1) is 5.41 Å². The molecule has 0 saturated carbocycles. The summed E-state index contributed by atoms with van der Waals surface area (Å²) in [5, 5.41) is 9.00. The van der Waals surface area contributed by atoms with E-state index >= 15 is 0 Å². The standard InChI is InChI=1S/C12H9F3N2O2S2/c13-12(14,15)7-3-6-1-2-8(5-21(18)19)17-10(6)9(4-7)20-11(17)16/h3-5,8,16H,1-2H2. The first-order valence-corrected chi connectivity index (χ1v) is 7.95. The van der Waals surface area contributed by atoms with Gasteiger partial charge in [0, 0.05) is 0 Å². The second kappa shape index (κ2) is 4.70. The Labute approximate surface area is 122 Å². The number of hydrogen-bond donors (Lipinski definition) is 1. The Morgan fingerprint density at radius 2 is 2.10 bits per heavy atom. The maximum atomic E-state index is 12.9. The van der Waals surface area contributed by atoms with Crippen LogP contribution in [-0.4, -0.2) is 18.4 Å². The number of hydrogen-bond acceptors (Lipinski definition) is 4. The van der Waals surface area contributed by atoms with Crippen LogP contribution in [0.15, 0.2) is 12.1 Å². The van der Waals surface area contributed by atoms with Gasteiger partial charge in [-0.2, -0.15) is 21.6 Å². The largest absolute Gasteiger partial charge is 0.416 e. The zero-order valence-corrected chi connectivity index (χ0v) is 12.1. The topological polar surface area (TPSA) is 62.9 Å². The summed E-state index contributed by atoms with van der Waals surface area (Å²) in [5.41, 5.74) is 0.320. The second-order valence-corrected chi connectivity index (χ2v) is 6.58. The minimum atomic E-state index is -4.43. The third-order valence-corrected chi connectivity index (χ3v) is 4.91. The van der Waals surface area contributed by atoms with Gasteiger partial charge in [-0.1, -0.05) is 11.3 Å². The van der Waals surface area contributed by atoms with Gasteiger partial charge in [-0.15, -0.1) is 0 Å². The van der Waals surface area contributed by atoms with Crippen LogP contribution < -0.4 is 4.80 Å². The maximum absolute atomic E-state index is 12.9. The van der Waals surface area contributed by atoms with Gasteiger partial charge >= 0.3 is 6.18 Å². The smallest absolute Gasteiger partial charge is 0.309 e. The van der Waals surface area contributed by atoms with Crippen LogP contribution in [0.5, 0.6) is 0 Å². The van der Waals surface area contributed by atoms with Gasteiger partial charge in [0.05, 0.1) is 27.2 Å². The van der Waals surface area contributed by atoms with E-state index in [4.69, 9.17) is 5.41 Å². The molecule has 1 aromatic heterocycles. The molecule has 1 aliphatic rings. The van der Waals surface area contributed by atoms with Gasteiger partial charge in [0.2, 0.25) is 10.3 Å². The van der Waals surface area contributed by atoms with Crippen LogP contribution in [0.1, 0.15) is 23.6 Å². The highest BCUT2D eigenvalue weighted by Crippen LogP contribution is 2.37. The summed E-state index contributed by atoms with van der Waals surface area (Å²) in [6, 6.07) is 1.61. The molecule has 9 heteroatoms. The lowest BCUT2D eigenvalue weighted by Gasteiger charge is -2.22. The molecule has 2 heterocycles. The monoisotopic (exact) mass is 334 g/mol. The van der Waals surface area contributed by atoms with E-state index < -0.39 is 28.1 Å². The van der Waals surface area contributed by atoms with Gasteiger partial charge in [0.1, 0.15) is 0 Å². The van der Waals surface area contributed by atoms with E-state index in [2.05, 4.69) is 0 Å². The van der Waals surface area contributed by atoms with Crippen LogP contribution in [0.2, 0.25) is 0 Å². The van der Waals surface area contributed by atoms with E-state index in [1.54, 1.807) is 0 Å². The number of thiazole rings is 1. The molecule has 0 aliphatic carbocycles. The van der Waals surface area contributed by atoms with E-state index in [9.17, 15) is 21.6 Å². The SMILES string of the molecule is N=c1sc2cc(C(F)(F)F)cc3c2n1C(C=S(=O)=O)CC3. The summed E-state index contributed by atoms with van der Waals surface area (Å²) < 4.78 is 62.1. The van der Waals surface area contributed by atoms with Crippen LogP contribution in [0.25, 0.3) is 10.2 Å². The van der Waals surface area contributed by atoms with Crippen LogP contribution >= 0.6 is 11.3 Å². The molecule has 4 nitrogen and oxygen atoms in total. The molecule has 0 saturated heterocycles. The van der Waals surface area contributed by atoms with Gasteiger partial charge in [0.25, 0.3) is 0 Å². The normalized spacial score (nSPS) is 18.0. The first-order valence-electron chi connectivity index (χ1n) is 6.00. The summed E-state index contributed by atoms with van der Waals surface area (Å²) >= 11 is 0.927. The summed E-state index contributed by atoms with van der Waals surface area (Å²) in [5.74, 6) is 0. The molecule has 0 amide bonds. The Bertz CT molecular complexity index is 914. The third-order valence-electron chi connectivity index (χ3n) is 3.46. The summed E-state index contributed by atoms with van der Waals surface area (Å²) in [6.45, 7) is 0. The van der Waals surface area contributed by atoms with Crippen molar-refractivity contribution in [3.63, 3.8) is 0 Å². The van der Waals surface area contributed by atoms with E-state index in [-0.39, 0.29) is 4.80 Å². The predicted molar refractivity (Wildman–Crippen MR) is 73.0 cm³/mol. The Morgan fingerprint density at radius 3 is 2.71 bits per heavy atom. The Morgan fingerprint density at radius 1 is 1.38 bits per heavy atom. The van der Waals surface area contributed by atoms with E-state index in [1.807, 2.05) is 0 Å². The van der Waals surface area contributed by atoms with Crippen molar-refractivity contribution in [2.45, 2.75) is 25.1 Å². The number of nitrogens with zero attached hydrogens (tertiary/aromatic N) is 1. The predicted octanol–water partition coefficient (Wildman–Crippen LogP) is 2.37. The number of aryl methyl sites for hydroxylation is 1. The summed E-state index contributed by atoms with van der Waals surface area (Å²) in [7, 11) is -2.38. The molecule has 1 unspecified atom stereocenters. The van der Waals surface area contributed by atoms with Crippen molar-refractivity contribution in [1.82, 2.24) is 4.57 Å². The Kier molecular flexibility index (Phi) is 3.21. The number of alkyl halides is 3. The van der Waals surface area contributed by atoms with Gasteiger partial charge in [0.15, 0.2) is 4.80 Å². The van der Waals surface area contributed by atoms with Crippen molar-refractivity contribution in [3.8, 4) is 0 Å². The zero-order valence-electron chi connectivity index (χ0n) is 10.4. The van der Waals surface area contributed by atoms with Crippen molar-refractivity contribution >= 4 is 37.2 Å². The first-order chi connectivity index (χ1) is 9.77. The molecule has 0 radical (unpaired) electrons. The number of halogens is 3. The molecule has 3 rings (SSSR count). The van der Waals surface area contributed by atoms with E-state index in [0.717, 1.165) is 28.8 Å². The molecule has 112 valence electrons. The Balaban J connectivity index is 2.33. The molecular formula is C12H9F3N2O2S2. The summed E-state index contributed by atoms with van der Waals surface area (Å²) in [6.07, 6.45) is -3.71. The number of benzene rings is 1. The summed E-state index contributed by atoms with van der Waals surface area (Å²) in [4.78, 5) is 0.0528. The van der Waals surface area contributed by atoms with Crippen molar-refractivity contribution < 1.29 is 21.6 Å². The lowest BCUT2D eigenvalue weighted by Crippen LogP contribution is -2.25. The number of nitrogens with one attached hydrogen (secondary N) is 1. The van der Waals surface area contributed by atoms with E-state index in [1.165, 1.54) is 4.57 Å². The molecule has 0 spiro atoms. The molecule has 0 bridgehead atoms. The molecular weight excluding hydrogens is 325 g/mol. The average Bonchev–Trinajstić information content (AvgIpc) is 2.69. The number of aromatic nitrogens is 1. The van der Waals surface area contributed by atoms with Gasteiger partial charge < -0.3 is 4.57 Å². The lowest BCUT2D eigenvalue weighted by atomic mass is 9.98.